The molecule has 0 saturated carbocycles. The molecule has 0 bridgehead atoms. The minimum absolute atomic E-state index is 0.233. The van der Waals surface area contributed by atoms with Crippen LogP contribution in [0.15, 0.2) is 23.9 Å². The van der Waals surface area contributed by atoms with E-state index in [0.29, 0.717) is 0 Å². The van der Waals surface area contributed by atoms with E-state index in [1.54, 1.807) is 0 Å². The maximum Gasteiger partial charge on any atom is 0.0606 e. The van der Waals surface area contributed by atoms with Crippen LogP contribution in [0.5, 0.6) is 0 Å². The molecule has 0 aromatic rings. The van der Waals surface area contributed by atoms with E-state index in [1.165, 1.54) is 5.57 Å². The van der Waals surface area contributed by atoms with Gasteiger partial charge in [0.25, 0.3) is 0 Å². The molecule has 0 unspecified atom stereocenters. The molecule has 2 heteroatoms. The Bertz CT molecular complexity index is 161. The quantitative estimate of drug-likeness (QED) is 0.610. The molecule has 1 rings (SSSR count). The Morgan fingerprint density at radius 1 is 1.70 bits per heavy atom. The van der Waals surface area contributed by atoms with Gasteiger partial charge in [-0.2, -0.15) is 0 Å². The Morgan fingerprint density at radius 2 is 2.50 bits per heavy atom. The van der Waals surface area contributed by atoms with Crippen molar-refractivity contribution in [2.24, 2.45) is 0 Å². The van der Waals surface area contributed by atoms with E-state index in [1.807, 2.05) is 6.20 Å². The van der Waals surface area contributed by atoms with Gasteiger partial charge >= 0.3 is 0 Å². The van der Waals surface area contributed by atoms with E-state index in [-0.39, 0.29) is 6.61 Å². The van der Waals surface area contributed by atoms with Crippen molar-refractivity contribution in [1.29, 1.82) is 0 Å². The number of nitrogens with zero attached hydrogens (tertiary/aromatic N) is 1. The van der Waals surface area contributed by atoms with E-state index in [9.17, 15) is 0 Å². The first kappa shape index (κ1) is 7.35. The van der Waals surface area contributed by atoms with Crippen LogP contribution in [0.4, 0.5) is 0 Å². The van der Waals surface area contributed by atoms with Crippen LogP contribution in [0.3, 0.4) is 0 Å². The first-order valence-electron chi connectivity index (χ1n) is 3.53. The molecule has 1 aliphatic heterocycles. The van der Waals surface area contributed by atoms with E-state index in [4.69, 9.17) is 5.11 Å². The van der Waals surface area contributed by atoms with Gasteiger partial charge in [0, 0.05) is 13.1 Å². The fraction of sp³-hybridized carbons (Fsp3) is 0.500. The van der Waals surface area contributed by atoms with Crippen LogP contribution < -0.4 is 0 Å². The zero-order valence-electron chi connectivity index (χ0n) is 6.25. The summed E-state index contributed by atoms with van der Waals surface area (Å²) in [5.41, 5.74) is 1.30. The number of hydrogen-bond donors (Lipinski definition) is 1. The zero-order valence-corrected chi connectivity index (χ0v) is 6.25. The molecule has 0 fully saturated rings. The van der Waals surface area contributed by atoms with Crippen LogP contribution in [0.25, 0.3) is 0 Å². The third kappa shape index (κ3) is 1.88. The molecule has 0 saturated heterocycles. The van der Waals surface area contributed by atoms with Crippen LogP contribution >= 0.6 is 0 Å². The van der Waals surface area contributed by atoms with Crippen molar-refractivity contribution in [3.05, 3.63) is 23.9 Å². The van der Waals surface area contributed by atoms with Gasteiger partial charge in [-0.25, -0.2) is 0 Å². The second kappa shape index (κ2) is 3.42. The van der Waals surface area contributed by atoms with Crippen molar-refractivity contribution < 1.29 is 5.11 Å². The van der Waals surface area contributed by atoms with Crippen LogP contribution in [0, 0.1) is 0 Å². The van der Waals surface area contributed by atoms with Crippen LogP contribution in [0.1, 0.15) is 6.92 Å². The summed E-state index contributed by atoms with van der Waals surface area (Å²) in [6.45, 7) is 3.98. The highest BCUT2D eigenvalue weighted by atomic mass is 16.3. The summed E-state index contributed by atoms with van der Waals surface area (Å²) in [5, 5.41) is 8.59. The number of hydrogen-bond acceptors (Lipinski definition) is 2. The fourth-order valence-corrected chi connectivity index (χ4v) is 0.907. The van der Waals surface area contributed by atoms with Crippen LogP contribution in [0.2, 0.25) is 0 Å². The van der Waals surface area contributed by atoms with Gasteiger partial charge in [0.15, 0.2) is 0 Å². The van der Waals surface area contributed by atoms with Crippen molar-refractivity contribution in [3.8, 4) is 0 Å². The molecule has 1 N–H and O–H groups in total. The SMILES string of the molecule is CC1=CCN(CCO)C=C1. The Balaban J connectivity index is 2.37. The lowest BCUT2D eigenvalue weighted by Gasteiger charge is -2.20. The molecule has 1 heterocycles. The molecule has 0 amide bonds. The van der Waals surface area contributed by atoms with E-state index < -0.39 is 0 Å². The van der Waals surface area contributed by atoms with Gasteiger partial charge in [0.05, 0.1) is 6.61 Å². The van der Waals surface area contributed by atoms with Crippen LogP contribution in [-0.4, -0.2) is 29.7 Å². The Morgan fingerprint density at radius 3 is 3.00 bits per heavy atom. The Hall–Kier alpha value is -0.760. The molecular weight excluding hydrogens is 126 g/mol. The summed E-state index contributed by atoms with van der Waals surface area (Å²) in [5.74, 6) is 0. The topological polar surface area (TPSA) is 23.5 Å². The average Bonchev–Trinajstić information content (AvgIpc) is 1.95. The third-order valence-corrected chi connectivity index (χ3v) is 1.58. The molecule has 0 aliphatic carbocycles. The summed E-state index contributed by atoms with van der Waals surface area (Å²) < 4.78 is 0. The number of β-amino-alcohol motifs (C(OH)–C–C–N with tert-alkyl or cyclic N) is 1. The monoisotopic (exact) mass is 139 g/mol. The van der Waals surface area contributed by atoms with Crippen molar-refractivity contribution in [3.63, 3.8) is 0 Å². The number of rotatable bonds is 2. The zero-order chi connectivity index (χ0) is 7.40. The lowest BCUT2D eigenvalue weighted by molar-refractivity contribution is 0.244. The standard InChI is InChI=1S/C8H13NO/c1-8-2-4-9(5-3-8)6-7-10/h2-4,10H,5-7H2,1H3. The van der Waals surface area contributed by atoms with Crippen molar-refractivity contribution in [2.45, 2.75) is 6.92 Å². The molecular formula is C8H13NO. The summed E-state index contributed by atoms with van der Waals surface area (Å²) >= 11 is 0. The molecule has 0 spiro atoms. The molecule has 0 radical (unpaired) electrons. The van der Waals surface area contributed by atoms with E-state index in [0.717, 1.165) is 13.1 Å². The van der Waals surface area contributed by atoms with Gasteiger partial charge in [0.1, 0.15) is 0 Å². The van der Waals surface area contributed by atoms with Gasteiger partial charge in [-0.1, -0.05) is 11.6 Å². The highest BCUT2D eigenvalue weighted by Gasteiger charge is 1.99. The molecule has 56 valence electrons. The summed E-state index contributed by atoms with van der Waals surface area (Å²) in [7, 11) is 0. The average molecular weight is 139 g/mol. The van der Waals surface area contributed by atoms with Crippen LogP contribution in [-0.2, 0) is 0 Å². The smallest absolute Gasteiger partial charge is 0.0606 e. The van der Waals surface area contributed by atoms with Gasteiger partial charge in [-0.15, -0.1) is 0 Å². The largest absolute Gasteiger partial charge is 0.395 e. The Labute approximate surface area is 61.5 Å². The highest BCUT2D eigenvalue weighted by Crippen LogP contribution is 2.04. The highest BCUT2D eigenvalue weighted by molar-refractivity contribution is 5.19. The van der Waals surface area contributed by atoms with Crippen molar-refractivity contribution in [2.75, 3.05) is 19.7 Å². The summed E-state index contributed by atoms with van der Waals surface area (Å²) in [6, 6.07) is 0. The summed E-state index contributed by atoms with van der Waals surface area (Å²) in [6.07, 6.45) is 6.22. The predicted molar refractivity (Wildman–Crippen MR) is 41.6 cm³/mol. The van der Waals surface area contributed by atoms with Gasteiger partial charge in [-0.05, 0) is 19.2 Å². The van der Waals surface area contributed by atoms with E-state index >= 15 is 0 Å². The second-order valence-electron chi connectivity index (χ2n) is 2.48. The molecule has 0 atom stereocenters. The maximum absolute atomic E-state index is 8.59. The first-order chi connectivity index (χ1) is 4.83. The fourth-order valence-electron chi connectivity index (χ4n) is 0.907. The summed E-state index contributed by atoms with van der Waals surface area (Å²) in [4.78, 5) is 2.08. The number of aliphatic hydroxyl groups excluding tert-OH is 1. The molecule has 10 heavy (non-hydrogen) atoms. The minimum atomic E-state index is 0.233. The molecule has 0 aromatic carbocycles. The van der Waals surface area contributed by atoms with Crippen molar-refractivity contribution in [1.82, 2.24) is 4.90 Å². The van der Waals surface area contributed by atoms with Gasteiger partial charge in [-0.3, -0.25) is 0 Å². The van der Waals surface area contributed by atoms with Crippen molar-refractivity contribution >= 4 is 0 Å². The molecule has 2 nitrogen and oxygen atoms in total. The lowest BCUT2D eigenvalue weighted by atomic mass is 10.2. The van der Waals surface area contributed by atoms with Gasteiger partial charge in [0.2, 0.25) is 0 Å². The van der Waals surface area contributed by atoms with Gasteiger partial charge < -0.3 is 10.0 Å². The molecule has 1 aliphatic rings. The number of aliphatic hydroxyl groups is 1. The normalized spacial score (nSPS) is 17.4. The molecule has 0 aromatic heterocycles. The lowest BCUT2D eigenvalue weighted by Crippen LogP contribution is -2.22. The first-order valence-corrected chi connectivity index (χ1v) is 3.53. The Kier molecular flexibility index (Phi) is 2.51. The maximum atomic E-state index is 8.59. The second-order valence-corrected chi connectivity index (χ2v) is 2.48. The predicted octanol–water partition coefficient (Wildman–Crippen LogP) is 0.754. The minimum Gasteiger partial charge on any atom is -0.395 e. The van der Waals surface area contributed by atoms with E-state index in [2.05, 4.69) is 24.0 Å². The third-order valence-electron chi connectivity index (χ3n) is 1.58. The number of allylic oxidation sites excluding steroid dienone is 2.